The first-order valence-electron chi connectivity index (χ1n) is 7.13. The van der Waals surface area contributed by atoms with Crippen LogP contribution in [0.5, 0.6) is 11.5 Å². The van der Waals surface area contributed by atoms with Crippen molar-refractivity contribution in [1.29, 1.82) is 0 Å². The Hall–Kier alpha value is -2.40. The van der Waals surface area contributed by atoms with Crippen molar-refractivity contribution in [2.75, 3.05) is 25.6 Å². The van der Waals surface area contributed by atoms with Gasteiger partial charge in [-0.1, -0.05) is 11.6 Å². The zero-order valence-corrected chi connectivity index (χ0v) is 13.5. The van der Waals surface area contributed by atoms with E-state index in [0.717, 1.165) is 17.9 Å². The van der Waals surface area contributed by atoms with Gasteiger partial charge in [0.1, 0.15) is 11.5 Å². The van der Waals surface area contributed by atoms with Crippen molar-refractivity contribution in [3.63, 3.8) is 0 Å². The lowest BCUT2D eigenvalue weighted by atomic mass is 10.3. The molecular weight excluding hydrogens is 318 g/mol. The number of benzene rings is 2. The minimum absolute atomic E-state index is 0.502. The molecule has 5 nitrogen and oxygen atoms in total. The largest absolute Gasteiger partial charge is 0.493 e. The fourth-order valence-corrected chi connectivity index (χ4v) is 1.90. The maximum atomic E-state index is 11.1. The van der Waals surface area contributed by atoms with Crippen LogP contribution in [-0.4, -0.2) is 26.4 Å². The lowest BCUT2D eigenvalue weighted by Gasteiger charge is -2.09. The topological polar surface area (TPSA) is 56.8 Å². The standard InChI is InChI=1S/C17H18ClNO4/c1-21-17(20)19-14-5-9-16(10-6-14)23-12-2-11-22-15-7-3-13(18)4-8-15/h3-10H,2,11-12H2,1H3,(H,19,20). The number of hydrogen-bond acceptors (Lipinski definition) is 4. The molecule has 23 heavy (non-hydrogen) atoms. The number of anilines is 1. The molecule has 2 rings (SSSR count). The van der Waals surface area contributed by atoms with Gasteiger partial charge in [-0.3, -0.25) is 5.32 Å². The quantitative estimate of drug-likeness (QED) is 0.763. The molecule has 0 aliphatic carbocycles. The van der Waals surface area contributed by atoms with E-state index in [-0.39, 0.29) is 0 Å². The van der Waals surface area contributed by atoms with Gasteiger partial charge in [0.05, 0.1) is 20.3 Å². The van der Waals surface area contributed by atoms with Crippen molar-refractivity contribution in [1.82, 2.24) is 0 Å². The second-order valence-corrected chi connectivity index (χ2v) is 5.08. The first-order valence-corrected chi connectivity index (χ1v) is 7.51. The fraction of sp³-hybridized carbons (Fsp3) is 0.235. The highest BCUT2D eigenvalue weighted by molar-refractivity contribution is 6.30. The summed E-state index contributed by atoms with van der Waals surface area (Å²) in [6.45, 7) is 1.10. The highest BCUT2D eigenvalue weighted by atomic mass is 35.5. The van der Waals surface area contributed by atoms with Crippen LogP contribution in [0.1, 0.15) is 6.42 Å². The number of ether oxygens (including phenoxy) is 3. The van der Waals surface area contributed by atoms with Gasteiger partial charge in [-0.15, -0.1) is 0 Å². The van der Waals surface area contributed by atoms with Gasteiger partial charge in [-0.05, 0) is 48.5 Å². The second kappa shape index (κ2) is 8.90. The first kappa shape index (κ1) is 17.0. The third-order valence-electron chi connectivity index (χ3n) is 2.93. The Kier molecular flexibility index (Phi) is 6.56. The van der Waals surface area contributed by atoms with E-state index in [1.54, 1.807) is 36.4 Å². The molecule has 0 spiro atoms. The highest BCUT2D eigenvalue weighted by Gasteiger charge is 2.01. The Balaban J connectivity index is 1.66. The molecular formula is C17H18ClNO4. The summed E-state index contributed by atoms with van der Waals surface area (Å²) in [6.07, 6.45) is 0.253. The van der Waals surface area contributed by atoms with Crippen LogP contribution >= 0.6 is 11.6 Å². The van der Waals surface area contributed by atoms with Gasteiger partial charge in [0, 0.05) is 17.1 Å². The molecule has 0 aromatic heterocycles. The Labute approximate surface area is 140 Å². The predicted molar refractivity (Wildman–Crippen MR) is 89.5 cm³/mol. The molecule has 0 radical (unpaired) electrons. The lowest BCUT2D eigenvalue weighted by molar-refractivity contribution is 0.187. The number of carbonyl (C=O) groups excluding carboxylic acids is 1. The number of carbonyl (C=O) groups is 1. The SMILES string of the molecule is COC(=O)Nc1ccc(OCCCOc2ccc(Cl)cc2)cc1. The van der Waals surface area contributed by atoms with Gasteiger partial charge >= 0.3 is 6.09 Å². The van der Waals surface area contributed by atoms with Crippen LogP contribution in [0.4, 0.5) is 10.5 Å². The van der Waals surface area contributed by atoms with Gasteiger partial charge in [0.2, 0.25) is 0 Å². The Morgan fingerprint density at radius 3 is 2.00 bits per heavy atom. The molecule has 1 N–H and O–H groups in total. The molecule has 0 heterocycles. The summed E-state index contributed by atoms with van der Waals surface area (Å²) < 4.78 is 15.7. The Morgan fingerprint density at radius 2 is 1.48 bits per heavy atom. The van der Waals surface area contributed by atoms with E-state index in [1.807, 2.05) is 12.1 Å². The fourth-order valence-electron chi connectivity index (χ4n) is 1.77. The summed E-state index contributed by atoms with van der Waals surface area (Å²) in [7, 11) is 1.32. The normalized spacial score (nSPS) is 10.0. The van der Waals surface area contributed by atoms with Crippen LogP contribution in [0.25, 0.3) is 0 Å². The molecule has 0 atom stereocenters. The van der Waals surface area contributed by atoms with E-state index >= 15 is 0 Å². The lowest BCUT2D eigenvalue weighted by Crippen LogP contribution is -2.10. The summed E-state index contributed by atoms with van der Waals surface area (Å²) in [6, 6.07) is 14.3. The van der Waals surface area contributed by atoms with Crippen molar-refractivity contribution < 1.29 is 19.0 Å². The summed E-state index contributed by atoms with van der Waals surface area (Å²) >= 11 is 5.80. The zero-order chi connectivity index (χ0) is 16.5. The molecule has 0 unspecified atom stereocenters. The number of amides is 1. The van der Waals surface area contributed by atoms with E-state index in [0.29, 0.717) is 23.9 Å². The van der Waals surface area contributed by atoms with Crippen LogP contribution < -0.4 is 14.8 Å². The molecule has 0 bridgehead atoms. The number of nitrogens with one attached hydrogen (secondary N) is 1. The molecule has 1 amide bonds. The van der Waals surface area contributed by atoms with E-state index in [1.165, 1.54) is 7.11 Å². The van der Waals surface area contributed by atoms with Crippen molar-refractivity contribution in [2.45, 2.75) is 6.42 Å². The number of methoxy groups -OCH3 is 1. The summed E-state index contributed by atoms with van der Waals surface area (Å²) in [5.74, 6) is 1.51. The second-order valence-electron chi connectivity index (χ2n) is 4.65. The van der Waals surface area contributed by atoms with Crippen molar-refractivity contribution in [2.24, 2.45) is 0 Å². The molecule has 2 aromatic rings. The van der Waals surface area contributed by atoms with Crippen molar-refractivity contribution in [3.05, 3.63) is 53.6 Å². The minimum atomic E-state index is -0.502. The Morgan fingerprint density at radius 1 is 0.957 bits per heavy atom. The summed E-state index contributed by atoms with van der Waals surface area (Å²) in [5, 5.41) is 3.26. The van der Waals surface area contributed by atoms with Crippen LogP contribution in [-0.2, 0) is 4.74 Å². The van der Waals surface area contributed by atoms with Crippen LogP contribution in [0.2, 0.25) is 5.02 Å². The molecule has 0 saturated carbocycles. The third kappa shape index (κ3) is 6.08. The number of hydrogen-bond donors (Lipinski definition) is 1. The average Bonchev–Trinajstić information content (AvgIpc) is 2.57. The zero-order valence-electron chi connectivity index (χ0n) is 12.8. The van der Waals surface area contributed by atoms with Gasteiger partial charge in [0.15, 0.2) is 0 Å². The van der Waals surface area contributed by atoms with Gasteiger partial charge in [-0.2, -0.15) is 0 Å². The van der Waals surface area contributed by atoms with Crippen LogP contribution in [0.15, 0.2) is 48.5 Å². The summed E-state index contributed by atoms with van der Waals surface area (Å²) in [5.41, 5.74) is 0.648. The van der Waals surface area contributed by atoms with Crippen molar-refractivity contribution in [3.8, 4) is 11.5 Å². The maximum Gasteiger partial charge on any atom is 0.411 e. The smallest absolute Gasteiger partial charge is 0.411 e. The molecule has 0 aliphatic rings. The number of rotatable bonds is 7. The van der Waals surface area contributed by atoms with Crippen LogP contribution in [0, 0.1) is 0 Å². The minimum Gasteiger partial charge on any atom is -0.493 e. The molecule has 0 aliphatic heterocycles. The number of halogens is 1. The molecule has 122 valence electrons. The van der Waals surface area contributed by atoms with Crippen molar-refractivity contribution >= 4 is 23.4 Å². The molecule has 0 fully saturated rings. The van der Waals surface area contributed by atoms with E-state index in [9.17, 15) is 4.79 Å². The third-order valence-corrected chi connectivity index (χ3v) is 3.18. The molecule has 0 saturated heterocycles. The highest BCUT2D eigenvalue weighted by Crippen LogP contribution is 2.17. The maximum absolute atomic E-state index is 11.1. The monoisotopic (exact) mass is 335 g/mol. The van der Waals surface area contributed by atoms with Gasteiger partial charge in [0.25, 0.3) is 0 Å². The van der Waals surface area contributed by atoms with Gasteiger partial charge in [-0.25, -0.2) is 4.79 Å². The molecule has 2 aromatic carbocycles. The molecule has 6 heteroatoms. The van der Waals surface area contributed by atoms with E-state index in [4.69, 9.17) is 21.1 Å². The summed E-state index contributed by atoms with van der Waals surface area (Å²) in [4.78, 5) is 11.1. The van der Waals surface area contributed by atoms with E-state index < -0.39 is 6.09 Å². The first-order chi connectivity index (χ1) is 11.2. The van der Waals surface area contributed by atoms with E-state index in [2.05, 4.69) is 10.1 Å². The predicted octanol–water partition coefficient (Wildman–Crippen LogP) is 4.37. The van der Waals surface area contributed by atoms with Crippen LogP contribution in [0.3, 0.4) is 0 Å². The Bertz CT molecular complexity index is 613. The van der Waals surface area contributed by atoms with Gasteiger partial charge < -0.3 is 14.2 Å². The average molecular weight is 336 g/mol.